The number of benzene rings is 2. The number of hydrogen-bond acceptors (Lipinski definition) is 6. The molecule has 1 saturated heterocycles. The summed E-state index contributed by atoms with van der Waals surface area (Å²) in [5.41, 5.74) is 7.79. The zero-order valence-electron chi connectivity index (χ0n) is 19.0. The number of sulfonamides is 1. The molecule has 1 aromatic heterocycles. The summed E-state index contributed by atoms with van der Waals surface area (Å²) in [4.78, 5) is 18.9. The van der Waals surface area contributed by atoms with Gasteiger partial charge in [-0.3, -0.25) is 9.88 Å². The minimum Gasteiger partial charge on any atom is -0.497 e. The predicted octanol–water partition coefficient (Wildman–Crippen LogP) is 3.10. The maximum atomic E-state index is 13.4. The molecule has 4 rings (SSSR count). The Morgan fingerprint density at radius 1 is 1.03 bits per heavy atom. The Morgan fingerprint density at radius 3 is 2.38 bits per heavy atom. The van der Waals surface area contributed by atoms with Gasteiger partial charge >= 0.3 is 6.03 Å². The van der Waals surface area contributed by atoms with Crippen molar-refractivity contribution < 1.29 is 17.9 Å². The number of nitrogens with zero attached hydrogens (tertiary/aromatic N) is 3. The van der Waals surface area contributed by atoms with Crippen molar-refractivity contribution in [2.75, 3.05) is 20.2 Å². The van der Waals surface area contributed by atoms with Crippen LogP contribution in [0.2, 0.25) is 0 Å². The molecule has 1 aliphatic rings. The van der Waals surface area contributed by atoms with Gasteiger partial charge in [-0.1, -0.05) is 48.5 Å². The van der Waals surface area contributed by atoms with Crippen LogP contribution in [0, 0.1) is 0 Å². The van der Waals surface area contributed by atoms with E-state index >= 15 is 0 Å². The van der Waals surface area contributed by atoms with Crippen molar-refractivity contribution in [3.63, 3.8) is 0 Å². The number of hydrogen-bond donors (Lipinski definition) is 1. The summed E-state index contributed by atoms with van der Waals surface area (Å²) in [7, 11) is -2.40. The van der Waals surface area contributed by atoms with Crippen molar-refractivity contribution in [2.45, 2.75) is 24.3 Å². The van der Waals surface area contributed by atoms with E-state index in [0.717, 1.165) is 16.3 Å². The molecule has 178 valence electrons. The first-order chi connectivity index (χ1) is 16.3. The SMILES string of the molecule is COc1ccc(C2(N)CN(S(=O)(=O)Cc3cccnc3)C(=O)N2CCCc2ccccc2)cc1. The van der Waals surface area contributed by atoms with Crippen LogP contribution in [-0.2, 0) is 27.9 Å². The van der Waals surface area contributed by atoms with E-state index in [2.05, 4.69) is 4.98 Å². The predicted molar refractivity (Wildman–Crippen MR) is 129 cm³/mol. The molecule has 0 bridgehead atoms. The summed E-state index contributed by atoms with van der Waals surface area (Å²) in [6, 6.07) is 19.7. The number of nitrogens with two attached hydrogens (primary N) is 1. The van der Waals surface area contributed by atoms with Gasteiger partial charge < -0.3 is 10.5 Å². The second-order valence-corrected chi connectivity index (χ2v) is 10.2. The molecular weight excluding hydrogens is 452 g/mol. The van der Waals surface area contributed by atoms with Gasteiger partial charge in [0, 0.05) is 18.9 Å². The molecule has 1 fully saturated rings. The lowest BCUT2D eigenvalue weighted by atomic mass is 9.99. The topological polar surface area (TPSA) is 106 Å². The molecule has 0 spiro atoms. The molecular formula is C25H28N4O4S. The van der Waals surface area contributed by atoms with Crippen LogP contribution in [0.4, 0.5) is 4.79 Å². The second-order valence-electron chi connectivity index (χ2n) is 8.30. The number of urea groups is 1. The Balaban J connectivity index is 1.61. The third kappa shape index (κ3) is 4.90. The van der Waals surface area contributed by atoms with Crippen molar-refractivity contribution in [1.82, 2.24) is 14.2 Å². The van der Waals surface area contributed by atoms with E-state index < -0.39 is 21.7 Å². The molecule has 2 aromatic carbocycles. The molecule has 1 atom stereocenters. The van der Waals surface area contributed by atoms with E-state index in [-0.39, 0.29) is 12.3 Å². The van der Waals surface area contributed by atoms with Gasteiger partial charge in [0.25, 0.3) is 0 Å². The summed E-state index contributed by atoms with van der Waals surface area (Å²) in [5.74, 6) is 0.316. The van der Waals surface area contributed by atoms with E-state index in [1.807, 2.05) is 30.3 Å². The molecule has 1 aliphatic heterocycles. The highest BCUT2D eigenvalue weighted by Crippen LogP contribution is 2.35. The minimum atomic E-state index is -3.97. The van der Waals surface area contributed by atoms with Crippen LogP contribution >= 0.6 is 0 Å². The van der Waals surface area contributed by atoms with Crippen molar-refractivity contribution >= 4 is 16.1 Å². The van der Waals surface area contributed by atoms with Crippen LogP contribution in [0.3, 0.4) is 0 Å². The Morgan fingerprint density at radius 2 is 1.74 bits per heavy atom. The summed E-state index contributed by atoms with van der Waals surface area (Å²) >= 11 is 0. The summed E-state index contributed by atoms with van der Waals surface area (Å²) < 4.78 is 32.6. The maximum absolute atomic E-state index is 13.4. The van der Waals surface area contributed by atoms with Crippen molar-refractivity contribution in [3.8, 4) is 5.75 Å². The van der Waals surface area contributed by atoms with Crippen molar-refractivity contribution in [1.29, 1.82) is 0 Å². The van der Waals surface area contributed by atoms with Crippen molar-refractivity contribution in [2.24, 2.45) is 5.73 Å². The highest BCUT2D eigenvalue weighted by Gasteiger charge is 2.52. The van der Waals surface area contributed by atoms with Gasteiger partial charge in [-0.05, 0) is 47.7 Å². The number of ether oxygens (including phenoxy) is 1. The molecule has 2 heterocycles. The van der Waals surface area contributed by atoms with Crippen LogP contribution in [-0.4, -0.2) is 48.8 Å². The van der Waals surface area contributed by atoms with Gasteiger partial charge in [0.05, 0.1) is 19.4 Å². The van der Waals surface area contributed by atoms with E-state index in [1.165, 1.54) is 11.1 Å². The second kappa shape index (κ2) is 9.82. The van der Waals surface area contributed by atoms with Gasteiger partial charge in [0.1, 0.15) is 11.4 Å². The number of rotatable bonds is 9. The van der Waals surface area contributed by atoms with Crippen LogP contribution < -0.4 is 10.5 Å². The zero-order valence-corrected chi connectivity index (χ0v) is 19.8. The molecule has 3 aromatic rings. The number of carbonyl (C=O) groups excluding carboxylic acids is 1. The standard InChI is InChI=1S/C25H28N4O4S/c1-33-23-13-11-22(12-14-23)25(26)19-29(34(31,32)18-21-9-5-15-27-17-21)24(30)28(25)16-6-10-20-7-3-2-4-8-20/h2-5,7-9,11-15,17H,6,10,16,18-19,26H2,1H3. The maximum Gasteiger partial charge on any atom is 0.335 e. The molecule has 0 aliphatic carbocycles. The van der Waals surface area contributed by atoms with Crippen LogP contribution in [0.15, 0.2) is 79.1 Å². The number of pyridine rings is 1. The number of carbonyl (C=O) groups is 1. The highest BCUT2D eigenvalue weighted by atomic mass is 32.2. The third-order valence-electron chi connectivity index (χ3n) is 6.00. The molecule has 8 nitrogen and oxygen atoms in total. The average molecular weight is 481 g/mol. The van der Waals surface area contributed by atoms with Crippen molar-refractivity contribution in [3.05, 3.63) is 95.8 Å². The Bertz CT molecular complexity index is 1220. The van der Waals surface area contributed by atoms with Gasteiger partial charge in [-0.25, -0.2) is 17.5 Å². The number of aromatic nitrogens is 1. The monoisotopic (exact) mass is 480 g/mol. The lowest BCUT2D eigenvalue weighted by molar-refractivity contribution is 0.157. The minimum absolute atomic E-state index is 0.175. The highest BCUT2D eigenvalue weighted by molar-refractivity contribution is 7.88. The van der Waals surface area contributed by atoms with Crippen LogP contribution in [0.1, 0.15) is 23.1 Å². The van der Waals surface area contributed by atoms with Crippen LogP contribution in [0.25, 0.3) is 0 Å². The van der Waals surface area contributed by atoms with Gasteiger partial charge in [0.15, 0.2) is 0 Å². The Labute approximate surface area is 200 Å². The third-order valence-corrected chi connectivity index (χ3v) is 7.65. The quantitative estimate of drug-likeness (QED) is 0.505. The van der Waals surface area contributed by atoms with E-state index in [1.54, 1.807) is 49.7 Å². The smallest absolute Gasteiger partial charge is 0.335 e. The van der Waals surface area contributed by atoms with Crippen LogP contribution in [0.5, 0.6) is 5.75 Å². The first-order valence-corrected chi connectivity index (χ1v) is 12.6. The summed E-state index contributed by atoms with van der Waals surface area (Å²) in [6.45, 7) is 0.140. The van der Waals surface area contributed by atoms with E-state index in [0.29, 0.717) is 29.8 Å². The van der Waals surface area contributed by atoms with Gasteiger partial charge in [-0.2, -0.15) is 0 Å². The van der Waals surface area contributed by atoms with E-state index in [4.69, 9.17) is 10.5 Å². The molecule has 1 unspecified atom stereocenters. The van der Waals surface area contributed by atoms with Gasteiger partial charge in [0.2, 0.25) is 10.0 Å². The van der Waals surface area contributed by atoms with E-state index in [9.17, 15) is 13.2 Å². The van der Waals surface area contributed by atoms with Gasteiger partial charge in [-0.15, -0.1) is 0 Å². The normalized spacial score (nSPS) is 18.4. The molecule has 0 radical (unpaired) electrons. The number of methoxy groups -OCH3 is 1. The largest absolute Gasteiger partial charge is 0.497 e. The molecule has 34 heavy (non-hydrogen) atoms. The molecule has 2 amide bonds. The first-order valence-electron chi connectivity index (χ1n) is 11.0. The fourth-order valence-corrected chi connectivity index (χ4v) is 5.65. The fraction of sp³-hybridized carbons (Fsp3) is 0.280. The summed E-state index contributed by atoms with van der Waals surface area (Å²) in [6.07, 6.45) is 4.43. The first kappa shape index (κ1) is 23.7. The Kier molecular flexibility index (Phi) is 6.85. The number of aryl methyl sites for hydroxylation is 1. The lowest BCUT2D eigenvalue weighted by Gasteiger charge is -2.33. The zero-order chi connectivity index (χ0) is 24.2. The average Bonchev–Trinajstić information content (AvgIpc) is 3.12. The Hall–Kier alpha value is -3.43. The summed E-state index contributed by atoms with van der Waals surface area (Å²) in [5, 5.41) is 0. The number of amides is 2. The molecule has 9 heteroatoms. The fourth-order valence-electron chi connectivity index (χ4n) is 4.17. The molecule has 2 N–H and O–H groups in total. The molecule has 0 saturated carbocycles. The lowest BCUT2D eigenvalue weighted by Crippen LogP contribution is -2.52.